The second-order valence-electron chi connectivity index (χ2n) is 3.53. The maximum absolute atomic E-state index is 3.44. The summed E-state index contributed by atoms with van der Waals surface area (Å²) >= 11 is 1.91. The van der Waals surface area contributed by atoms with Gasteiger partial charge in [-0.1, -0.05) is 6.92 Å². The van der Waals surface area contributed by atoms with Gasteiger partial charge in [-0.05, 0) is 33.2 Å². The SMILES string of the molecule is CCCNCC(C)N(C)CCSC. The molecule has 0 aromatic rings. The highest BCUT2D eigenvalue weighted by molar-refractivity contribution is 7.98. The van der Waals surface area contributed by atoms with Crippen molar-refractivity contribution in [2.24, 2.45) is 0 Å². The van der Waals surface area contributed by atoms with Crippen LogP contribution in [0, 0.1) is 0 Å². The van der Waals surface area contributed by atoms with E-state index in [9.17, 15) is 0 Å². The summed E-state index contributed by atoms with van der Waals surface area (Å²) in [5.74, 6) is 1.23. The fraction of sp³-hybridized carbons (Fsp3) is 1.00. The first-order valence-electron chi connectivity index (χ1n) is 5.12. The van der Waals surface area contributed by atoms with Crippen LogP contribution >= 0.6 is 11.8 Å². The van der Waals surface area contributed by atoms with E-state index in [1.807, 2.05) is 11.8 Å². The van der Waals surface area contributed by atoms with E-state index in [-0.39, 0.29) is 0 Å². The molecule has 0 bridgehead atoms. The van der Waals surface area contributed by atoms with Gasteiger partial charge in [0.15, 0.2) is 0 Å². The van der Waals surface area contributed by atoms with E-state index in [1.54, 1.807) is 0 Å². The van der Waals surface area contributed by atoms with Crippen LogP contribution in [0.5, 0.6) is 0 Å². The molecule has 3 heteroatoms. The van der Waals surface area contributed by atoms with E-state index in [0.717, 1.165) is 13.1 Å². The van der Waals surface area contributed by atoms with Crippen LogP contribution in [0.25, 0.3) is 0 Å². The molecule has 0 saturated heterocycles. The third-order valence-electron chi connectivity index (χ3n) is 2.27. The van der Waals surface area contributed by atoms with Gasteiger partial charge in [0, 0.05) is 24.9 Å². The zero-order valence-electron chi connectivity index (χ0n) is 9.47. The Morgan fingerprint density at radius 3 is 2.69 bits per heavy atom. The number of rotatable bonds is 8. The van der Waals surface area contributed by atoms with Crippen LogP contribution in [0.1, 0.15) is 20.3 Å². The topological polar surface area (TPSA) is 15.3 Å². The van der Waals surface area contributed by atoms with Crippen molar-refractivity contribution in [2.75, 3.05) is 38.7 Å². The standard InChI is InChI=1S/C10H24N2S/c1-5-6-11-9-10(2)12(3)7-8-13-4/h10-11H,5-9H2,1-4H3. The monoisotopic (exact) mass is 204 g/mol. The summed E-state index contributed by atoms with van der Waals surface area (Å²) in [7, 11) is 2.20. The predicted octanol–water partition coefficient (Wildman–Crippen LogP) is 1.67. The number of nitrogens with one attached hydrogen (secondary N) is 1. The van der Waals surface area contributed by atoms with Gasteiger partial charge in [0.2, 0.25) is 0 Å². The highest BCUT2D eigenvalue weighted by atomic mass is 32.2. The van der Waals surface area contributed by atoms with Crippen molar-refractivity contribution < 1.29 is 0 Å². The first-order chi connectivity index (χ1) is 6.22. The Morgan fingerprint density at radius 2 is 2.15 bits per heavy atom. The second kappa shape index (κ2) is 8.85. The zero-order valence-corrected chi connectivity index (χ0v) is 10.3. The lowest BCUT2D eigenvalue weighted by atomic mass is 10.3. The molecule has 0 radical (unpaired) electrons. The van der Waals surface area contributed by atoms with Crippen LogP contribution in [0.15, 0.2) is 0 Å². The summed E-state index contributed by atoms with van der Waals surface area (Å²) in [6.07, 6.45) is 3.38. The van der Waals surface area contributed by atoms with Crippen LogP contribution in [0.2, 0.25) is 0 Å². The van der Waals surface area contributed by atoms with Gasteiger partial charge in [-0.3, -0.25) is 0 Å². The minimum absolute atomic E-state index is 0.652. The van der Waals surface area contributed by atoms with E-state index >= 15 is 0 Å². The highest BCUT2D eigenvalue weighted by Gasteiger charge is 2.06. The molecule has 0 spiro atoms. The molecule has 0 amide bonds. The number of nitrogens with zero attached hydrogens (tertiary/aromatic N) is 1. The molecule has 80 valence electrons. The van der Waals surface area contributed by atoms with Gasteiger partial charge < -0.3 is 10.2 Å². The fourth-order valence-electron chi connectivity index (χ4n) is 1.10. The van der Waals surface area contributed by atoms with Gasteiger partial charge >= 0.3 is 0 Å². The van der Waals surface area contributed by atoms with E-state index in [2.05, 4.69) is 37.4 Å². The fourth-order valence-corrected chi connectivity index (χ4v) is 1.57. The van der Waals surface area contributed by atoms with Crippen LogP contribution in [-0.2, 0) is 0 Å². The lowest BCUT2D eigenvalue weighted by Crippen LogP contribution is -2.39. The molecule has 0 aromatic carbocycles. The van der Waals surface area contributed by atoms with Gasteiger partial charge in [-0.2, -0.15) is 11.8 Å². The van der Waals surface area contributed by atoms with Crippen molar-refractivity contribution in [3.05, 3.63) is 0 Å². The van der Waals surface area contributed by atoms with Gasteiger partial charge in [0.25, 0.3) is 0 Å². The number of hydrogen-bond donors (Lipinski definition) is 1. The maximum Gasteiger partial charge on any atom is 0.0189 e. The van der Waals surface area contributed by atoms with Crippen molar-refractivity contribution in [1.29, 1.82) is 0 Å². The summed E-state index contributed by atoms with van der Waals surface area (Å²) in [4.78, 5) is 2.42. The molecule has 0 aliphatic heterocycles. The Kier molecular flexibility index (Phi) is 9.03. The van der Waals surface area contributed by atoms with Crippen molar-refractivity contribution >= 4 is 11.8 Å². The summed E-state index contributed by atoms with van der Waals surface area (Å²) in [6.45, 7) is 7.92. The van der Waals surface area contributed by atoms with Crippen molar-refractivity contribution in [2.45, 2.75) is 26.3 Å². The maximum atomic E-state index is 3.44. The Morgan fingerprint density at radius 1 is 1.46 bits per heavy atom. The van der Waals surface area contributed by atoms with Gasteiger partial charge in [-0.15, -0.1) is 0 Å². The molecular weight excluding hydrogens is 180 g/mol. The van der Waals surface area contributed by atoms with Crippen molar-refractivity contribution in [3.63, 3.8) is 0 Å². The average molecular weight is 204 g/mol. The molecule has 2 nitrogen and oxygen atoms in total. The normalized spacial score (nSPS) is 13.6. The molecule has 13 heavy (non-hydrogen) atoms. The van der Waals surface area contributed by atoms with E-state index in [4.69, 9.17) is 0 Å². The molecule has 0 rings (SSSR count). The average Bonchev–Trinajstić information content (AvgIpc) is 2.14. The van der Waals surface area contributed by atoms with Gasteiger partial charge in [-0.25, -0.2) is 0 Å². The predicted molar refractivity (Wildman–Crippen MR) is 63.6 cm³/mol. The number of hydrogen-bond acceptors (Lipinski definition) is 3. The van der Waals surface area contributed by atoms with Crippen LogP contribution in [0.3, 0.4) is 0 Å². The van der Waals surface area contributed by atoms with Crippen LogP contribution < -0.4 is 5.32 Å². The number of likely N-dealkylation sites (N-methyl/N-ethyl adjacent to an activating group) is 1. The second-order valence-corrected chi connectivity index (χ2v) is 4.51. The first-order valence-corrected chi connectivity index (χ1v) is 6.51. The smallest absolute Gasteiger partial charge is 0.0189 e. The van der Waals surface area contributed by atoms with Gasteiger partial charge in [0.1, 0.15) is 0 Å². The third kappa shape index (κ3) is 7.35. The molecule has 0 aliphatic carbocycles. The minimum Gasteiger partial charge on any atom is -0.315 e. The number of thioether (sulfide) groups is 1. The Balaban J connectivity index is 3.38. The Bertz CT molecular complexity index is 109. The third-order valence-corrected chi connectivity index (χ3v) is 2.86. The quantitative estimate of drug-likeness (QED) is 0.606. The van der Waals surface area contributed by atoms with Crippen LogP contribution in [0.4, 0.5) is 0 Å². The summed E-state index contributed by atoms with van der Waals surface area (Å²) in [6, 6.07) is 0.652. The highest BCUT2D eigenvalue weighted by Crippen LogP contribution is 1.97. The lowest BCUT2D eigenvalue weighted by molar-refractivity contribution is 0.266. The van der Waals surface area contributed by atoms with E-state index in [0.29, 0.717) is 6.04 Å². The van der Waals surface area contributed by atoms with Crippen molar-refractivity contribution in [1.82, 2.24) is 10.2 Å². The van der Waals surface area contributed by atoms with Gasteiger partial charge in [0.05, 0.1) is 0 Å². The zero-order chi connectivity index (χ0) is 10.1. The molecule has 1 N–H and O–H groups in total. The molecule has 1 atom stereocenters. The first kappa shape index (κ1) is 13.3. The Hall–Kier alpha value is 0.270. The molecule has 0 heterocycles. The lowest BCUT2D eigenvalue weighted by Gasteiger charge is -2.24. The molecule has 0 aromatic heterocycles. The minimum atomic E-state index is 0.652. The summed E-state index contributed by atoms with van der Waals surface area (Å²) in [5, 5.41) is 3.44. The van der Waals surface area contributed by atoms with Crippen molar-refractivity contribution in [3.8, 4) is 0 Å². The summed E-state index contributed by atoms with van der Waals surface area (Å²) < 4.78 is 0. The molecule has 1 unspecified atom stereocenters. The largest absolute Gasteiger partial charge is 0.315 e. The van der Waals surface area contributed by atoms with Crippen LogP contribution in [-0.4, -0.2) is 49.6 Å². The van der Waals surface area contributed by atoms with E-state index in [1.165, 1.54) is 18.7 Å². The summed E-state index contributed by atoms with van der Waals surface area (Å²) in [5.41, 5.74) is 0. The molecular formula is C10H24N2S. The molecule has 0 fully saturated rings. The van der Waals surface area contributed by atoms with E-state index < -0.39 is 0 Å². The molecule has 0 aliphatic rings. The molecule has 0 saturated carbocycles. The Labute approximate surface area is 87.5 Å².